The Balaban J connectivity index is 1.40. The Bertz CT molecular complexity index is 1340. The van der Waals surface area contributed by atoms with Crippen molar-refractivity contribution in [2.45, 2.75) is 83.5 Å². The van der Waals surface area contributed by atoms with Crippen molar-refractivity contribution in [3.8, 4) is 22.6 Å². The summed E-state index contributed by atoms with van der Waals surface area (Å²) < 4.78 is 31.8. The molecule has 1 aliphatic heterocycles. The van der Waals surface area contributed by atoms with Crippen molar-refractivity contribution >= 4 is 5.97 Å². The van der Waals surface area contributed by atoms with Gasteiger partial charge in [-0.1, -0.05) is 36.8 Å². The van der Waals surface area contributed by atoms with E-state index in [1.807, 2.05) is 24.3 Å². The lowest BCUT2D eigenvalue weighted by Crippen LogP contribution is -2.43. The van der Waals surface area contributed by atoms with E-state index in [-0.39, 0.29) is 17.7 Å². The van der Waals surface area contributed by atoms with Crippen molar-refractivity contribution in [2.75, 3.05) is 14.2 Å². The van der Waals surface area contributed by atoms with Crippen molar-refractivity contribution in [3.05, 3.63) is 83.2 Å². The molecule has 6 heteroatoms. The number of piperidine rings is 1. The molecule has 41 heavy (non-hydrogen) atoms. The van der Waals surface area contributed by atoms with E-state index in [4.69, 9.17) is 14.2 Å². The molecule has 5 rings (SSSR count). The van der Waals surface area contributed by atoms with Crippen molar-refractivity contribution in [1.82, 2.24) is 4.90 Å². The summed E-state index contributed by atoms with van der Waals surface area (Å²) in [6.07, 6.45) is 6.26. The number of ether oxygens (including phenoxy) is 3. The minimum Gasteiger partial charge on any atom is -0.497 e. The third-order valence-electron chi connectivity index (χ3n) is 8.86. The average Bonchev–Trinajstić information content (AvgIpc) is 3.83. The summed E-state index contributed by atoms with van der Waals surface area (Å²) in [7, 11) is 3.05. The highest BCUT2D eigenvalue weighted by atomic mass is 19.1. The van der Waals surface area contributed by atoms with Crippen molar-refractivity contribution < 1.29 is 23.4 Å². The van der Waals surface area contributed by atoms with Gasteiger partial charge < -0.3 is 14.2 Å². The first-order valence-corrected chi connectivity index (χ1v) is 14.9. The van der Waals surface area contributed by atoms with E-state index in [9.17, 15) is 4.79 Å². The second-order valence-corrected chi connectivity index (χ2v) is 11.7. The van der Waals surface area contributed by atoms with Gasteiger partial charge >= 0.3 is 5.97 Å². The van der Waals surface area contributed by atoms with Crippen LogP contribution in [0.2, 0.25) is 0 Å². The highest BCUT2D eigenvalue weighted by Crippen LogP contribution is 2.45. The van der Waals surface area contributed by atoms with Crippen LogP contribution in [-0.4, -0.2) is 37.2 Å². The third-order valence-corrected chi connectivity index (χ3v) is 8.86. The number of carbonyl (C=O) groups excluding carboxylic acids is 1. The van der Waals surface area contributed by atoms with Gasteiger partial charge in [-0.2, -0.15) is 0 Å². The Morgan fingerprint density at radius 2 is 1.71 bits per heavy atom. The fraction of sp³-hybridized carbons (Fsp3) is 0.457. The fourth-order valence-electron chi connectivity index (χ4n) is 6.27. The Morgan fingerprint density at radius 3 is 2.41 bits per heavy atom. The molecule has 1 aliphatic carbocycles. The Morgan fingerprint density at radius 1 is 0.927 bits per heavy atom. The maximum Gasteiger partial charge on any atom is 0.306 e. The normalized spacial score (nSPS) is 19.9. The molecule has 3 aromatic rings. The number of rotatable bonds is 11. The van der Waals surface area contributed by atoms with E-state index in [0.717, 1.165) is 47.4 Å². The summed E-state index contributed by atoms with van der Waals surface area (Å²) in [5, 5.41) is 0. The van der Waals surface area contributed by atoms with Crippen LogP contribution in [-0.2, 0) is 22.7 Å². The standard InChI is InChI=1S/C35H42FNO4/c1-23-7-5-8-24(2)37(23)21-28-17-25(11-15-31(28)33-19-29(39-3)14-16-34(33)36)22-41-30-10-6-9-27(18-30)32(26-12-13-26)20-35(38)40-4/h6,9-11,14-19,23-24,26,32H,5,7-8,12-13,20-22H2,1-4H3/t23-,24-,32-/m1/s1. The van der Waals surface area contributed by atoms with E-state index in [1.54, 1.807) is 19.2 Å². The third kappa shape index (κ3) is 7.10. The number of nitrogens with zero attached hydrogens (tertiary/aromatic N) is 1. The molecule has 0 unspecified atom stereocenters. The maximum atomic E-state index is 15.1. The van der Waals surface area contributed by atoms with E-state index < -0.39 is 0 Å². The zero-order valence-corrected chi connectivity index (χ0v) is 24.7. The van der Waals surface area contributed by atoms with Crippen molar-refractivity contribution in [3.63, 3.8) is 0 Å². The van der Waals surface area contributed by atoms with Crippen LogP contribution in [0.3, 0.4) is 0 Å². The van der Waals surface area contributed by atoms with E-state index in [1.165, 1.54) is 32.4 Å². The molecule has 3 aromatic carbocycles. The van der Waals surface area contributed by atoms with E-state index >= 15 is 4.39 Å². The number of methoxy groups -OCH3 is 2. The molecule has 0 radical (unpaired) electrons. The lowest BCUT2D eigenvalue weighted by atomic mass is 9.91. The average molecular weight is 560 g/mol. The molecule has 0 aromatic heterocycles. The topological polar surface area (TPSA) is 48.0 Å². The largest absolute Gasteiger partial charge is 0.497 e. The van der Waals surface area contributed by atoms with Gasteiger partial charge in [0.1, 0.15) is 23.9 Å². The van der Waals surface area contributed by atoms with Crippen LogP contribution in [0.1, 0.15) is 75.0 Å². The van der Waals surface area contributed by atoms with Gasteiger partial charge in [0.15, 0.2) is 0 Å². The van der Waals surface area contributed by atoms with Crippen LogP contribution < -0.4 is 9.47 Å². The second kappa shape index (κ2) is 13.1. The molecule has 0 N–H and O–H groups in total. The smallest absolute Gasteiger partial charge is 0.306 e. The number of halogens is 1. The summed E-state index contributed by atoms with van der Waals surface area (Å²) in [6, 6.07) is 20.1. The summed E-state index contributed by atoms with van der Waals surface area (Å²) in [5.74, 6) is 1.66. The van der Waals surface area contributed by atoms with Gasteiger partial charge in [0.25, 0.3) is 0 Å². The molecule has 3 atom stereocenters. The van der Waals surface area contributed by atoms with E-state index in [2.05, 4.69) is 36.9 Å². The van der Waals surface area contributed by atoms with Gasteiger partial charge in [-0.3, -0.25) is 9.69 Å². The number of hydrogen-bond acceptors (Lipinski definition) is 5. The SMILES string of the molecule is COC(=O)C[C@@H](c1cccc(OCc2ccc(-c3cc(OC)ccc3F)c(CN3[C@H](C)CCC[C@H]3C)c2)c1)C1CC1. The van der Waals surface area contributed by atoms with Crippen LogP contribution in [0.25, 0.3) is 11.1 Å². The first-order chi connectivity index (χ1) is 19.9. The summed E-state index contributed by atoms with van der Waals surface area (Å²) in [4.78, 5) is 14.6. The summed E-state index contributed by atoms with van der Waals surface area (Å²) in [5.41, 5.74) is 4.66. The molecule has 5 nitrogen and oxygen atoms in total. The molecule has 0 spiro atoms. The highest BCUT2D eigenvalue weighted by molar-refractivity contribution is 5.71. The summed E-state index contributed by atoms with van der Waals surface area (Å²) in [6.45, 7) is 5.72. The lowest BCUT2D eigenvalue weighted by Gasteiger charge is -2.39. The molecule has 218 valence electrons. The van der Waals surface area contributed by atoms with Gasteiger partial charge in [-0.05, 0) is 104 Å². The molecule has 1 heterocycles. The molecule has 2 aliphatic rings. The molecule has 2 fully saturated rings. The number of likely N-dealkylation sites (tertiary alicyclic amines) is 1. The predicted molar refractivity (Wildman–Crippen MR) is 160 cm³/mol. The van der Waals surface area contributed by atoms with Gasteiger partial charge in [-0.15, -0.1) is 0 Å². The van der Waals surface area contributed by atoms with E-state index in [0.29, 0.717) is 42.3 Å². The van der Waals surface area contributed by atoms with Crippen LogP contribution in [0, 0.1) is 11.7 Å². The molecular weight excluding hydrogens is 517 g/mol. The first kappa shape index (κ1) is 29.1. The number of hydrogen-bond donors (Lipinski definition) is 0. The lowest BCUT2D eigenvalue weighted by molar-refractivity contribution is -0.141. The van der Waals surface area contributed by atoms with Gasteiger partial charge in [-0.25, -0.2) is 4.39 Å². The predicted octanol–water partition coefficient (Wildman–Crippen LogP) is 7.90. The van der Waals surface area contributed by atoms with Crippen molar-refractivity contribution in [2.24, 2.45) is 5.92 Å². The van der Waals surface area contributed by atoms with Gasteiger partial charge in [0.05, 0.1) is 20.6 Å². The summed E-state index contributed by atoms with van der Waals surface area (Å²) >= 11 is 0. The Labute approximate surface area is 243 Å². The Kier molecular flexibility index (Phi) is 9.29. The number of carbonyl (C=O) groups is 1. The number of esters is 1. The molecule has 1 saturated heterocycles. The van der Waals surface area contributed by atoms with Crippen LogP contribution in [0.4, 0.5) is 4.39 Å². The quantitative estimate of drug-likeness (QED) is 0.224. The van der Waals surface area contributed by atoms with Crippen molar-refractivity contribution in [1.29, 1.82) is 0 Å². The zero-order valence-electron chi connectivity index (χ0n) is 24.7. The molecule has 1 saturated carbocycles. The minimum absolute atomic E-state index is 0.156. The molecular formula is C35H42FNO4. The second-order valence-electron chi connectivity index (χ2n) is 11.7. The highest BCUT2D eigenvalue weighted by Gasteiger charge is 2.34. The monoisotopic (exact) mass is 559 g/mol. The zero-order chi connectivity index (χ0) is 28.9. The number of benzene rings is 3. The Hall–Kier alpha value is -3.38. The van der Waals surface area contributed by atoms with Crippen LogP contribution in [0.5, 0.6) is 11.5 Å². The first-order valence-electron chi connectivity index (χ1n) is 14.9. The molecule has 0 bridgehead atoms. The maximum absolute atomic E-state index is 15.1. The minimum atomic E-state index is -0.259. The van der Waals surface area contributed by atoms with Crippen LogP contribution in [0.15, 0.2) is 60.7 Å². The van der Waals surface area contributed by atoms with Gasteiger partial charge in [0.2, 0.25) is 0 Å². The fourth-order valence-corrected chi connectivity index (χ4v) is 6.27. The van der Waals surface area contributed by atoms with Gasteiger partial charge in [0, 0.05) is 24.2 Å². The van der Waals surface area contributed by atoms with Crippen LogP contribution >= 0.6 is 0 Å². The molecule has 0 amide bonds.